The summed E-state index contributed by atoms with van der Waals surface area (Å²) in [7, 11) is 0. The standard InChI is InChI=1S/C15H16N2O3/c1-3-20-15(19)10-17-14(18)9-8-13(16-17)12-6-4-11(2)5-7-12/h4-9H,3,10H2,1-2H3. The number of aryl methyl sites for hydroxylation is 1. The van der Waals surface area contributed by atoms with Gasteiger partial charge in [-0.15, -0.1) is 0 Å². The van der Waals surface area contributed by atoms with Gasteiger partial charge >= 0.3 is 5.97 Å². The van der Waals surface area contributed by atoms with E-state index in [0.717, 1.165) is 15.8 Å². The Bertz CT molecular complexity index is 660. The second-order valence-corrected chi connectivity index (χ2v) is 4.39. The second-order valence-electron chi connectivity index (χ2n) is 4.39. The van der Waals surface area contributed by atoms with E-state index in [1.54, 1.807) is 13.0 Å². The number of hydrogen-bond donors (Lipinski definition) is 0. The predicted molar refractivity (Wildman–Crippen MR) is 75.3 cm³/mol. The zero-order valence-electron chi connectivity index (χ0n) is 11.5. The van der Waals surface area contributed by atoms with Crippen LogP contribution < -0.4 is 5.56 Å². The van der Waals surface area contributed by atoms with Crippen LogP contribution in [0.15, 0.2) is 41.2 Å². The molecule has 104 valence electrons. The highest BCUT2D eigenvalue weighted by Crippen LogP contribution is 2.15. The lowest BCUT2D eigenvalue weighted by Crippen LogP contribution is -2.27. The van der Waals surface area contributed by atoms with E-state index in [1.807, 2.05) is 31.2 Å². The van der Waals surface area contributed by atoms with Gasteiger partial charge in [0.1, 0.15) is 6.54 Å². The van der Waals surface area contributed by atoms with Crippen molar-refractivity contribution in [1.82, 2.24) is 9.78 Å². The summed E-state index contributed by atoms with van der Waals surface area (Å²) < 4.78 is 5.94. The normalized spacial score (nSPS) is 10.3. The van der Waals surface area contributed by atoms with Crippen molar-refractivity contribution in [3.63, 3.8) is 0 Å². The molecule has 0 bridgehead atoms. The van der Waals surface area contributed by atoms with Crippen LogP contribution >= 0.6 is 0 Å². The molecule has 2 rings (SSSR count). The molecular weight excluding hydrogens is 256 g/mol. The Morgan fingerprint density at radius 3 is 2.55 bits per heavy atom. The van der Waals surface area contributed by atoms with E-state index in [9.17, 15) is 9.59 Å². The summed E-state index contributed by atoms with van der Waals surface area (Å²) in [5, 5.41) is 4.20. The number of ether oxygens (including phenoxy) is 1. The molecular formula is C15H16N2O3. The molecule has 5 nitrogen and oxygen atoms in total. The predicted octanol–water partition coefficient (Wildman–Crippen LogP) is 1.78. The first-order chi connectivity index (χ1) is 9.60. The van der Waals surface area contributed by atoms with Crippen LogP contribution in [0.1, 0.15) is 12.5 Å². The van der Waals surface area contributed by atoms with Crippen molar-refractivity contribution >= 4 is 5.97 Å². The van der Waals surface area contributed by atoms with Gasteiger partial charge in [0.25, 0.3) is 5.56 Å². The van der Waals surface area contributed by atoms with E-state index < -0.39 is 5.97 Å². The van der Waals surface area contributed by atoms with Crippen molar-refractivity contribution in [1.29, 1.82) is 0 Å². The maximum absolute atomic E-state index is 11.7. The molecule has 0 saturated heterocycles. The van der Waals surface area contributed by atoms with Crippen LogP contribution in [-0.2, 0) is 16.1 Å². The van der Waals surface area contributed by atoms with Gasteiger partial charge in [0, 0.05) is 11.6 Å². The van der Waals surface area contributed by atoms with Crippen LogP contribution in [0.5, 0.6) is 0 Å². The number of rotatable bonds is 4. The minimum absolute atomic E-state index is 0.174. The van der Waals surface area contributed by atoms with E-state index in [1.165, 1.54) is 6.07 Å². The number of esters is 1. The second kappa shape index (κ2) is 6.14. The molecule has 20 heavy (non-hydrogen) atoms. The number of carbonyl (C=O) groups excluding carboxylic acids is 1. The summed E-state index contributed by atoms with van der Waals surface area (Å²) in [6.45, 7) is 3.83. The lowest BCUT2D eigenvalue weighted by molar-refractivity contribution is -0.144. The molecule has 1 aromatic heterocycles. The van der Waals surface area contributed by atoms with Crippen LogP contribution in [0.25, 0.3) is 11.3 Å². The maximum atomic E-state index is 11.7. The molecule has 0 atom stereocenters. The van der Waals surface area contributed by atoms with E-state index in [4.69, 9.17) is 4.74 Å². The molecule has 0 saturated carbocycles. The van der Waals surface area contributed by atoms with Gasteiger partial charge in [-0.25, -0.2) is 4.68 Å². The van der Waals surface area contributed by atoms with Crippen molar-refractivity contribution in [2.75, 3.05) is 6.61 Å². The molecule has 0 spiro atoms. The first kappa shape index (κ1) is 14.0. The Labute approximate surface area is 116 Å². The van der Waals surface area contributed by atoms with Gasteiger partial charge < -0.3 is 4.74 Å². The number of nitrogens with zero attached hydrogens (tertiary/aromatic N) is 2. The van der Waals surface area contributed by atoms with Gasteiger partial charge in [0.05, 0.1) is 12.3 Å². The monoisotopic (exact) mass is 272 g/mol. The summed E-state index contributed by atoms with van der Waals surface area (Å²) >= 11 is 0. The van der Waals surface area contributed by atoms with Gasteiger partial charge in [-0.3, -0.25) is 9.59 Å². The minimum Gasteiger partial charge on any atom is -0.465 e. The maximum Gasteiger partial charge on any atom is 0.327 e. The topological polar surface area (TPSA) is 61.2 Å². The molecule has 0 N–H and O–H groups in total. The van der Waals surface area contributed by atoms with Crippen molar-refractivity contribution in [3.8, 4) is 11.3 Å². The molecule has 5 heteroatoms. The SMILES string of the molecule is CCOC(=O)Cn1nc(-c2ccc(C)cc2)ccc1=O. The largest absolute Gasteiger partial charge is 0.465 e. The molecule has 0 aliphatic carbocycles. The Morgan fingerprint density at radius 2 is 1.90 bits per heavy atom. The van der Waals surface area contributed by atoms with Crippen LogP contribution in [0.3, 0.4) is 0 Å². The smallest absolute Gasteiger partial charge is 0.327 e. The van der Waals surface area contributed by atoms with Crippen molar-refractivity contribution in [2.45, 2.75) is 20.4 Å². The number of carbonyl (C=O) groups is 1. The van der Waals surface area contributed by atoms with Gasteiger partial charge in [0.15, 0.2) is 0 Å². The molecule has 0 amide bonds. The van der Waals surface area contributed by atoms with Crippen molar-refractivity contribution < 1.29 is 9.53 Å². The third-order valence-corrected chi connectivity index (χ3v) is 2.80. The Balaban J connectivity index is 2.31. The number of benzene rings is 1. The highest BCUT2D eigenvalue weighted by atomic mass is 16.5. The van der Waals surface area contributed by atoms with E-state index in [2.05, 4.69) is 5.10 Å². The summed E-state index contributed by atoms with van der Waals surface area (Å²) in [6.07, 6.45) is 0. The highest BCUT2D eigenvalue weighted by molar-refractivity contribution is 5.69. The molecule has 1 heterocycles. The fraction of sp³-hybridized carbons (Fsp3) is 0.267. The Hall–Kier alpha value is -2.43. The van der Waals surface area contributed by atoms with E-state index >= 15 is 0 Å². The first-order valence-electron chi connectivity index (χ1n) is 6.41. The van der Waals surface area contributed by atoms with Gasteiger partial charge in [-0.1, -0.05) is 29.8 Å². The van der Waals surface area contributed by atoms with Crippen molar-refractivity contribution in [2.24, 2.45) is 0 Å². The minimum atomic E-state index is -0.469. The molecule has 0 unspecified atom stereocenters. The third-order valence-electron chi connectivity index (χ3n) is 2.80. The highest BCUT2D eigenvalue weighted by Gasteiger charge is 2.08. The number of hydrogen-bond acceptors (Lipinski definition) is 4. The third kappa shape index (κ3) is 3.32. The van der Waals surface area contributed by atoms with Crippen LogP contribution in [0, 0.1) is 6.92 Å². The van der Waals surface area contributed by atoms with Crippen molar-refractivity contribution in [3.05, 3.63) is 52.3 Å². The summed E-state index contributed by atoms with van der Waals surface area (Å²) in [4.78, 5) is 23.1. The Morgan fingerprint density at radius 1 is 1.20 bits per heavy atom. The zero-order chi connectivity index (χ0) is 14.5. The fourth-order valence-corrected chi connectivity index (χ4v) is 1.77. The summed E-state index contributed by atoms with van der Waals surface area (Å²) in [5.74, 6) is -0.469. The van der Waals surface area contributed by atoms with Crippen LogP contribution in [0.4, 0.5) is 0 Å². The average Bonchev–Trinajstić information content (AvgIpc) is 2.42. The fourth-order valence-electron chi connectivity index (χ4n) is 1.77. The van der Waals surface area contributed by atoms with Gasteiger partial charge in [0.2, 0.25) is 0 Å². The molecule has 0 fully saturated rings. The summed E-state index contributed by atoms with van der Waals surface area (Å²) in [5.41, 5.74) is 2.37. The number of aromatic nitrogens is 2. The van der Waals surface area contributed by atoms with Gasteiger partial charge in [-0.2, -0.15) is 5.10 Å². The quantitative estimate of drug-likeness (QED) is 0.796. The zero-order valence-corrected chi connectivity index (χ0v) is 11.5. The molecule has 0 aliphatic rings. The van der Waals surface area contributed by atoms with Crippen LogP contribution in [0.2, 0.25) is 0 Å². The molecule has 0 aliphatic heterocycles. The Kier molecular flexibility index (Phi) is 4.30. The van der Waals surface area contributed by atoms with Crippen LogP contribution in [-0.4, -0.2) is 22.4 Å². The van der Waals surface area contributed by atoms with E-state index in [-0.39, 0.29) is 18.7 Å². The van der Waals surface area contributed by atoms with Gasteiger partial charge in [-0.05, 0) is 19.9 Å². The van der Waals surface area contributed by atoms with E-state index in [0.29, 0.717) is 5.69 Å². The molecule has 1 aromatic carbocycles. The molecule has 0 radical (unpaired) electrons. The molecule has 2 aromatic rings. The average molecular weight is 272 g/mol. The first-order valence-corrected chi connectivity index (χ1v) is 6.41. The lowest BCUT2D eigenvalue weighted by atomic mass is 10.1. The summed E-state index contributed by atoms with van der Waals surface area (Å²) in [6, 6.07) is 10.8. The lowest BCUT2D eigenvalue weighted by Gasteiger charge is -2.07.